The van der Waals surface area contributed by atoms with Gasteiger partial charge in [-0.15, -0.1) is 0 Å². The molecular formula is C18H29N5O. The second-order valence-corrected chi connectivity index (χ2v) is 7.01. The van der Waals surface area contributed by atoms with Crippen LogP contribution in [0.25, 0.3) is 0 Å². The number of amides is 1. The van der Waals surface area contributed by atoms with Crippen molar-refractivity contribution >= 4 is 11.9 Å². The highest BCUT2D eigenvalue weighted by atomic mass is 16.2. The molecule has 3 heterocycles. The van der Waals surface area contributed by atoms with E-state index in [0.717, 1.165) is 45.4 Å². The van der Waals surface area contributed by atoms with Crippen LogP contribution in [0.15, 0.2) is 18.5 Å². The lowest BCUT2D eigenvalue weighted by Crippen LogP contribution is -2.42. The molecule has 2 aliphatic rings. The molecule has 6 nitrogen and oxygen atoms in total. The molecule has 0 spiro atoms. The number of piperidine rings is 1. The maximum atomic E-state index is 12.5. The van der Waals surface area contributed by atoms with E-state index in [2.05, 4.69) is 27.1 Å². The van der Waals surface area contributed by atoms with Crippen molar-refractivity contribution in [2.75, 3.05) is 38.0 Å². The van der Waals surface area contributed by atoms with Gasteiger partial charge in [-0.1, -0.05) is 13.3 Å². The molecule has 0 saturated carbocycles. The summed E-state index contributed by atoms with van der Waals surface area (Å²) in [7, 11) is 0. The van der Waals surface area contributed by atoms with Crippen molar-refractivity contribution in [3.63, 3.8) is 0 Å². The maximum absolute atomic E-state index is 12.5. The molecule has 24 heavy (non-hydrogen) atoms. The Morgan fingerprint density at radius 1 is 1.21 bits per heavy atom. The quantitative estimate of drug-likeness (QED) is 0.864. The van der Waals surface area contributed by atoms with Crippen molar-refractivity contribution in [1.29, 1.82) is 0 Å². The van der Waals surface area contributed by atoms with E-state index in [1.54, 1.807) is 12.4 Å². The van der Waals surface area contributed by atoms with Crippen LogP contribution >= 0.6 is 0 Å². The Hall–Kier alpha value is -1.69. The Bertz CT molecular complexity index is 517. The van der Waals surface area contributed by atoms with Gasteiger partial charge >= 0.3 is 0 Å². The minimum absolute atomic E-state index is 0.293. The Balaban J connectivity index is 1.56. The summed E-state index contributed by atoms with van der Waals surface area (Å²) in [6.07, 6.45) is 9.41. The van der Waals surface area contributed by atoms with Gasteiger partial charge < -0.3 is 10.2 Å². The van der Waals surface area contributed by atoms with Gasteiger partial charge in [0.15, 0.2) is 0 Å². The molecule has 2 saturated heterocycles. The Kier molecular flexibility index (Phi) is 6.01. The van der Waals surface area contributed by atoms with Crippen molar-refractivity contribution in [2.45, 2.75) is 45.1 Å². The molecule has 0 radical (unpaired) electrons. The van der Waals surface area contributed by atoms with Crippen LogP contribution in [0, 0.1) is 5.92 Å². The average Bonchev–Trinajstić information content (AvgIpc) is 2.98. The van der Waals surface area contributed by atoms with E-state index >= 15 is 0 Å². The summed E-state index contributed by atoms with van der Waals surface area (Å²) in [5.41, 5.74) is 0. The standard InChI is InChI=1S/C18H29N5O/c1-2-7-15-12-22(14-17(24)23-10-4-3-5-11-23)13-16(15)21-18-19-8-6-9-20-18/h6,8-9,15-16H,2-5,7,10-14H2,1H3,(H,19,20,21)/t15-,16-/m1/s1. The van der Waals surface area contributed by atoms with Crippen molar-refractivity contribution in [3.05, 3.63) is 18.5 Å². The van der Waals surface area contributed by atoms with E-state index in [4.69, 9.17) is 0 Å². The fourth-order valence-corrected chi connectivity index (χ4v) is 3.89. The first kappa shape index (κ1) is 17.1. The van der Waals surface area contributed by atoms with Crippen molar-refractivity contribution in [2.24, 2.45) is 5.92 Å². The van der Waals surface area contributed by atoms with E-state index in [0.29, 0.717) is 30.4 Å². The van der Waals surface area contributed by atoms with Crippen LogP contribution in [0.2, 0.25) is 0 Å². The van der Waals surface area contributed by atoms with E-state index in [9.17, 15) is 4.79 Å². The second kappa shape index (κ2) is 8.42. The third-order valence-corrected chi connectivity index (χ3v) is 5.12. The fraction of sp³-hybridized carbons (Fsp3) is 0.722. The number of anilines is 1. The van der Waals surface area contributed by atoms with Crippen LogP contribution in [0.4, 0.5) is 5.95 Å². The van der Waals surface area contributed by atoms with Gasteiger partial charge in [-0.2, -0.15) is 0 Å². The first-order valence-corrected chi connectivity index (χ1v) is 9.30. The van der Waals surface area contributed by atoms with Gasteiger partial charge in [0.05, 0.1) is 6.54 Å². The fourth-order valence-electron chi connectivity index (χ4n) is 3.89. The number of nitrogens with zero attached hydrogens (tertiary/aromatic N) is 4. The molecule has 1 aromatic heterocycles. The molecule has 2 aliphatic heterocycles. The minimum Gasteiger partial charge on any atom is -0.350 e. The first-order valence-electron chi connectivity index (χ1n) is 9.30. The molecule has 0 unspecified atom stereocenters. The molecule has 0 bridgehead atoms. The lowest BCUT2D eigenvalue weighted by molar-refractivity contribution is -0.133. The molecule has 2 atom stereocenters. The zero-order valence-electron chi connectivity index (χ0n) is 14.7. The lowest BCUT2D eigenvalue weighted by atomic mass is 9.98. The van der Waals surface area contributed by atoms with Crippen molar-refractivity contribution in [3.8, 4) is 0 Å². The minimum atomic E-state index is 0.293. The van der Waals surface area contributed by atoms with Crippen molar-refractivity contribution < 1.29 is 4.79 Å². The van der Waals surface area contributed by atoms with Gasteiger partial charge in [0, 0.05) is 44.6 Å². The number of carbonyl (C=O) groups excluding carboxylic acids is 1. The molecule has 2 fully saturated rings. The summed E-state index contributed by atoms with van der Waals surface area (Å²) in [6.45, 7) is 6.52. The summed E-state index contributed by atoms with van der Waals surface area (Å²) in [6, 6.07) is 2.15. The van der Waals surface area contributed by atoms with Crippen LogP contribution < -0.4 is 5.32 Å². The average molecular weight is 331 g/mol. The number of carbonyl (C=O) groups is 1. The predicted octanol–water partition coefficient (Wildman–Crippen LogP) is 2.00. The number of aromatic nitrogens is 2. The van der Waals surface area contributed by atoms with Gasteiger partial charge in [0.1, 0.15) is 0 Å². The van der Waals surface area contributed by atoms with Gasteiger partial charge in [-0.05, 0) is 37.7 Å². The highest BCUT2D eigenvalue weighted by molar-refractivity contribution is 5.78. The zero-order valence-corrected chi connectivity index (χ0v) is 14.7. The Labute approximate surface area is 144 Å². The molecule has 6 heteroatoms. The summed E-state index contributed by atoms with van der Waals surface area (Å²) in [5.74, 6) is 1.53. The second-order valence-electron chi connectivity index (χ2n) is 7.01. The van der Waals surface area contributed by atoms with Crippen LogP contribution in [-0.2, 0) is 4.79 Å². The first-order chi connectivity index (χ1) is 11.8. The van der Waals surface area contributed by atoms with Gasteiger partial charge in [0.25, 0.3) is 0 Å². The molecule has 1 amide bonds. The van der Waals surface area contributed by atoms with E-state index in [1.165, 1.54) is 12.8 Å². The van der Waals surface area contributed by atoms with E-state index in [1.807, 2.05) is 11.0 Å². The molecule has 1 N–H and O–H groups in total. The normalized spacial score (nSPS) is 25.0. The van der Waals surface area contributed by atoms with Crippen LogP contribution in [0.5, 0.6) is 0 Å². The third-order valence-electron chi connectivity index (χ3n) is 5.12. The highest BCUT2D eigenvalue weighted by Crippen LogP contribution is 2.24. The van der Waals surface area contributed by atoms with Crippen LogP contribution in [0.3, 0.4) is 0 Å². The molecule has 3 rings (SSSR count). The number of rotatable bonds is 6. The molecule has 1 aromatic rings. The Morgan fingerprint density at radius 2 is 1.96 bits per heavy atom. The topological polar surface area (TPSA) is 61.4 Å². The predicted molar refractivity (Wildman–Crippen MR) is 94.7 cm³/mol. The van der Waals surface area contributed by atoms with Gasteiger partial charge in [-0.25, -0.2) is 9.97 Å². The summed E-state index contributed by atoms with van der Waals surface area (Å²) < 4.78 is 0. The summed E-state index contributed by atoms with van der Waals surface area (Å²) in [5, 5.41) is 3.47. The number of likely N-dealkylation sites (tertiary alicyclic amines) is 2. The van der Waals surface area contributed by atoms with Crippen molar-refractivity contribution in [1.82, 2.24) is 19.8 Å². The summed E-state index contributed by atoms with van der Waals surface area (Å²) in [4.78, 5) is 25.4. The molecule has 132 valence electrons. The van der Waals surface area contributed by atoms with E-state index < -0.39 is 0 Å². The number of nitrogens with one attached hydrogen (secondary N) is 1. The lowest BCUT2D eigenvalue weighted by Gasteiger charge is -2.28. The molecule has 0 aliphatic carbocycles. The van der Waals surface area contributed by atoms with Gasteiger partial charge in [-0.3, -0.25) is 9.69 Å². The SMILES string of the molecule is CCC[C@@H]1CN(CC(=O)N2CCCCC2)C[C@H]1Nc1ncccn1. The summed E-state index contributed by atoms with van der Waals surface area (Å²) >= 11 is 0. The van der Waals surface area contributed by atoms with Crippen LogP contribution in [-0.4, -0.2) is 64.4 Å². The molecular weight excluding hydrogens is 302 g/mol. The largest absolute Gasteiger partial charge is 0.350 e. The monoisotopic (exact) mass is 331 g/mol. The smallest absolute Gasteiger partial charge is 0.236 e. The zero-order chi connectivity index (χ0) is 16.8. The Morgan fingerprint density at radius 3 is 2.67 bits per heavy atom. The van der Waals surface area contributed by atoms with Crippen LogP contribution in [0.1, 0.15) is 39.0 Å². The third kappa shape index (κ3) is 4.44. The molecule has 0 aromatic carbocycles. The maximum Gasteiger partial charge on any atom is 0.236 e. The number of hydrogen-bond donors (Lipinski definition) is 1. The van der Waals surface area contributed by atoms with Gasteiger partial charge in [0.2, 0.25) is 11.9 Å². The van der Waals surface area contributed by atoms with E-state index in [-0.39, 0.29) is 0 Å². The number of hydrogen-bond acceptors (Lipinski definition) is 5. The highest BCUT2D eigenvalue weighted by Gasteiger charge is 2.34.